The molecule has 2 bridgehead atoms. The average Bonchev–Trinajstić information content (AvgIpc) is 2.51. The number of hydrogen-bond donors (Lipinski definition) is 1. The van der Waals surface area contributed by atoms with Crippen molar-refractivity contribution in [3.05, 3.63) is 28.2 Å². The Kier molecular flexibility index (Phi) is 5.64. The normalized spacial score (nSPS) is 25.4. The van der Waals surface area contributed by atoms with Crippen LogP contribution in [-0.2, 0) is 19.1 Å². The predicted molar refractivity (Wildman–Crippen MR) is 94.6 cm³/mol. The number of nitrogens with one attached hydrogen (secondary N) is 1. The van der Waals surface area contributed by atoms with Crippen LogP contribution in [0.25, 0.3) is 0 Å². The topological polar surface area (TPSA) is 72.5 Å². The Morgan fingerprint density at radius 2 is 1.68 bits per heavy atom. The molecular formula is C18H19Cl2NO4. The van der Waals surface area contributed by atoms with Crippen molar-refractivity contribution in [1.82, 2.24) is 0 Å². The van der Waals surface area contributed by atoms with Crippen LogP contribution in [0.5, 0.6) is 0 Å². The number of fused-ring (bicyclic) bond motifs is 2. The lowest BCUT2D eigenvalue weighted by Gasteiger charge is -2.36. The molecule has 2 aliphatic carbocycles. The zero-order valence-corrected chi connectivity index (χ0v) is 15.1. The van der Waals surface area contributed by atoms with Crippen LogP contribution in [0.2, 0.25) is 10.0 Å². The Labute approximate surface area is 156 Å². The minimum Gasteiger partial charge on any atom is -0.455 e. The van der Waals surface area contributed by atoms with Crippen molar-refractivity contribution < 1.29 is 19.1 Å². The van der Waals surface area contributed by atoms with Gasteiger partial charge in [0.1, 0.15) is 5.78 Å². The zero-order chi connectivity index (χ0) is 18.0. The van der Waals surface area contributed by atoms with Crippen molar-refractivity contribution in [3.8, 4) is 0 Å². The molecule has 0 heterocycles. The first kappa shape index (κ1) is 18.2. The number of anilines is 1. The average molecular weight is 384 g/mol. The van der Waals surface area contributed by atoms with E-state index in [4.69, 9.17) is 27.9 Å². The molecule has 0 aromatic heterocycles. The molecule has 25 heavy (non-hydrogen) atoms. The van der Waals surface area contributed by atoms with Crippen LogP contribution in [0.3, 0.4) is 0 Å². The van der Waals surface area contributed by atoms with Gasteiger partial charge in [0.05, 0.1) is 5.92 Å². The number of amides is 1. The van der Waals surface area contributed by atoms with Crippen molar-refractivity contribution >= 4 is 46.5 Å². The molecule has 2 fully saturated rings. The van der Waals surface area contributed by atoms with Gasteiger partial charge in [-0.2, -0.15) is 0 Å². The molecule has 0 spiro atoms. The highest BCUT2D eigenvalue weighted by Gasteiger charge is 2.41. The smallest absolute Gasteiger partial charge is 0.309 e. The summed E-state index contributed by atoms with van der Waals surface area (Å²) in [4.78, 5) is 36.2. The summed E-state index contributed by atoms with van der Waals surface area (Å²) in [5.74, 6) is -0.894. The Balaban J connectivity index is 1.50. The van der Waals surface area contributed by atoms with Crippen molar-refractivity contribution in [2.45, 2.75) is 32.1 Å². The SMILES string of the molecule is O=C(COC(=O)C1C[C@H]2CCC[C@@H](C1)C2=O)Nc1cc(Cl)cc(Cl)c1. The molecule has 134 valence electrons. The number of ether oxygens (including phenoxy) is 1. The summed E-state index contributed by atoms with van der Waals surface area (Å²) < 4.78 is 5.15. The van der Waals surface area contributed by atoms with Gasteiger partial charge in [-0.15, -0.1) is 0 Å². The van der Waals surface area contributed by atoms with E-state index in [9.17, 15) is 14.4 Å². The summed E-state index contributed by atoms with van der Waals surface area (Å²) in [5.41, 5.74) is 0.441. The fraction of sp³-hybridized carbons (Fsp3) is 0.500. The van der Waals surface area contributed by atoms with Crippen LogP contribution in [0.4, 0.5) is 5.69 Å². The number of carbonyl (C=O) groups is 3. The lowest BCUT2D eigenvalue weighted by molar-refractivity contribution is -0.155. The Morgan fingerprint density at radius 3 is 2.28 bits per heavy atom. The third-order valence-electron chi connectivity index (χ3n) is 4.87. The fourth-order valence-electron chi connectivity index (χ4n) is 3.75. The minimum absolute atomic E-state index is 0.0209. The molecule has 1 N–H and O–H groups in total. The standard InChI is InChI=1S/C18H19Cl2NO4/c19-13-6-14(20)8-15(7-13)21-16(22)9-25-18(24)12-4-10-2-1-3-11(5-12)17(10)23/h6-8,10-12H,1-5,9H2,(H,21,22)/t10-,11+,12?. The van der Waals surface area contributed by atoms with Crippen LogP contribution >= 0.6 is 23.2 Å². The molecule has 0 radical (unpaired) electrons. The molecule has 2 aliphatic rings. The summed E-state index contributed by atoms with van der Waals surface area (Å²) in [7, 11) is 0. The molecule has 0 saturated heterocycles. The quantitative estimate of drug-likeness (QED) is 0.800. The Morgan fingerprint density at radius 1 is 1.08 bits per heavy atom. The van der Waals surface area contributed by atoms with Gasteiger partial charge in [-0.3, -0.25) is 14.4 Å². The number of carbonyl (C=O) groups excluding carboxylic acids is 3. The third kappa shape index (κ3) is 4.53. The highest BCUT2D eigenvalue weighted by Crippen LogP contribution is 2.40. The Bertz CT molecular complexity index is 670. The third-order valence-corrected chi connectivity index (χ3v) is 5.31. The number of hydrogen-bond acceptors (Lipinski definition) is 4. The number of rotatable bonds is 4. The first-order chi connectivity index (χ1) is 11.9. The van der Waals surface area contributed by atoms with Crippen LogP contribution < -0.4 is 5.32 Å². The van der Waals surface area contributed by atoms with E-state index in [2.05, 4.69) is 5.32 Å². The van der Waals surface area contributed by atoms with E-state index in [-0.39, 0.29) is 24.4 Å². The van der Waals surface area contributed by atoms with E-state index in [1.165, 1.54) is 0 Å². The van der Waals surface area contributed by atoms with E-state index in [1.807, 2.05) is 0 Å². The van der Waals surface area contributed by atoms with Gasteiger partial charge in [0.2, 0.25) is 0 Å². The summed E-state index contributed by atoms with van der Waals surface area (Å²) in [5, 5.41) is 3.39. The Hall–Kier alpha value is -1.59. The van der Waals surface area contributed by atoms with E-state index >= 15 is 0 Å². The van der Waals surface area contributed by atoms with E-state index in [0.717, 1.165) is 19.3 Å². The molecular weight excluding hydrogens is 365 g/mol. The summed E-state index contributed by atoms with van der Waals surface area (Å²) >= 11 is 11.7. The van der Waals surface area contributed by atoms with Crippen LogP contribution in [0, 0.1) is 17.8 Å². The van der Waals surface area contributed by atoms with E-state index in [1.54, 1.807) is 18.2 Å². The van der Waals surface area contributed by atoms with Crippen molar-refractivity contribution in [2.75, 3.05) is 11.9 Å². The van der Waals surface area contributed by atoms with Gasteiger partial charge in [0.15, 0.2) is 6.61 Å². The first-order valence-electron chi connectivity index (χ1n) is 8.38. The highest BCUT2D eigenvalue weighted by atomic mass is 35.5. The molecule has 5 nitrogen and oxygen atoms in total. The van der Waals surface area contributed by atoms with Gasteiger partial charge < -0.3 is 10.1 Å². The molecule has 7 heteroatoms. The molecule has 3 rings (SSSR count). The molecule has 1 unspecified atom stereocenters. The maximum absolute atomic E-state index is 12.2. The molecule has 1 amide bonds. The second-order valence-electron chi connectivity index (χ2n) is 6.71. The second-order valence-corrected chi connectivity index (χ2v) is 7.58. The van der Waals surface area contributed by atoms with Gasteiger partial charge in [-0.05, 0) is 43.9 Å². The number of halogens is 2. The second kappa shape index (κ2) is 7.75. The predicted octanol–water partition coefficient (Wildman–Crippen LogP) is 3.87. The van der Waals surface area contributed by atoms with Crippen molar-refractivity contribution in [1.29, 1.82) is 0 Å². The van der Waals surface area contributed by atoms with E-state index < -0.39 is 11.9 Å². The number of ketones is 1. The summed E-state index contributed by atoms with van der Waals surface area (Å²) in [6, 6.07) is 4.67. The van der Waals surface area contributed by atoms with Crippen LogP contribution in [0.1, 0.15) is 32.1 Å². The van der Waals surface area contributed by atoms with Gasteiger partial charge in [-0.1, -0.05) is 29.6 Å². The zero-order valence-electron chi connectivity index (χ0n) is 13.6. The lowest BCUT2D eigenvalue weighted by Crippen LogP contribution is -2.40. The molecule has 1 aromatic carbocycles. The largest absolute Gasteiger partial charge is 0.455 e. The summed E-state index contributed by atoms with van der Waals surface area (Å²) in [6.07, 6.45) is 3.84. The van der Waals surface area contributed by atoms with Gasteiger partial charge in [-0.25, -0.2) is 0 Å². The summed E-state index contributed by atoms with van der Waals surface area (Å²) in [6.45, 7) is -0.372. The van der Waals surface area contributed by atoms with Crippen LogP contribution in [-0.4, -0.2) is 24.3 Å². The fourth-order valence-corrected chi connectivity index (χ4v) is 4.28. The molecule has 0 aliphatic heterocycles. The number of Topliss-reactive ketones (excluding diaryl/α,β-unsaturated/α-hetero) is 1. The molecule has 2 saturated carbocycles. The maximum Gasteiger partial charge on any atom is 0.309 e. The number of esters is 1. The van der Waals surface area contributed by atoms with E-state index in [0.29, 0.717) is 34.4 Å². The highest BCUT2D eigenvalue weighted by molar-refractivity contribution is 6.35. The number of benzene rings is 1. The lowest BCUT2D eigenvalue weighted by atomic mass is 9.67. The minimum atomic E-state index is -0.459. The van der Waals surface area contributed by atoms with Gasteiger partial charge in [0, 0.05) is 27.6 Å². The monoisotopic (exact) mass is 383 g/mol. The van der Waals surface area contributed by atoms with Crippen molar-refractivity contribution in [2.24, 2.45) is 17.8 Å². The maximum atomic E-state index is 12.2. The molecule has 3 atom stereocenters. The van der Waals surface area contributed by atoms with Gasteiger partial charge in [0.25, 0.3) is 5.91 Å². The molecule has 1 aromatic rings. The van der Waals surface area contributed by atoms with Crippen LogP contribution in [0.15, 0.2) is 18.2 Å². The van der Waals surface area contributed by atoms with Gasteiger partial charge >= 0.3 is 5.97 Å². The van der Waals surface area contributed by atoms with Crippen molar-refractivity contribution in [3.63, 3.8) is 0 Å². The first-order valence-corrected chi connectivity index (χ1v) is 9.14.